The first kappa shape index (κ1) is 15.0. The fourth-order valence-corrected chi connectivity index (χ4v) is 2.07. The molecule has 1 aromatic carbocycles. The van der Waals surface area contributed by atoms with E-state index in [1.165, 1.54) is 0 Å². The maximum Gasteiger partial charge on any atom is 0.255 e. The van der Waals surface area contributed by atoms with E-state index in [2.05, 4.69) is 17.2 Å². The van der Waals surface area contributed by atoms with E-state index in [1.54, 1.807) is 17.3 Å². The van der Waals surface area contributed by atoms with Crippen molar-refractivity contribution >= 4 is 11.6 Å². The van der Waals surface area contributed by atoms with Gasteiger partial charge in [-0.2, -0.15) is 0 Å². The zero-order valence-corrected chi connectivity index (χ0v) is 12.5. The van der Waals surface area contributed by atoms with Gasteiger partial charge in [0.2, 0.25) is 0 Å². The Hall–Kier alpha value is -2.36. The molecule has 0 radical (unpaired) electrons. The second-order valence-corrected chi connectivity index (χ2v) is 5.04. The van der Waals surface area contributed by atoms with Crippen LogP contribution in [0.5, 0.6) is 0 Å². The van der Waals surface area contributed by atoms with Crippen LogP contribution in [0.2, 0.25) is 0 Å². The topological polar surface area (TPSA) is 45.2 Å². The van der Waals surface area contributed by atoms with Gasteiger partial charge < -0.3 is 10.2 Å². The molecule has 0 spiro atoms. The van der Waals surface area contributed by atoms with Gasteiger partial charge in [-0.3, -0.25) is 9.78 Å². The number of hydrogen-bond acceptors (Lipinski definition) is 3. The summed E-state index contributed by atoms with van der Waals surface area (Å²) in [4.78, 5) is 18.3. The average Bonchev–Trinajstić information content (AvgIpc) is 2.53. The molecule has 0 saturated carbocycles. The second kappa shape index (κ2) is 7.43. The van der Waals surface area contributed by atoms with Crippen LogP contribution in [0.3, 0.4) is 0 Å². The Morgan fingerprint density at radius 1 is 1.24 bits per heavy atom. The highest BCUT2D eigenvalue weighted by Crippen LogP contribution is 2.12. The van der Waals surface area contributed by atoms with Gasteiger partial charge >= 0.3 is 0 Å². The summed E-state index contributed by atoms with van der Waals surface area (Å²) in [7, 11) is 1.81. The van der Waals surface area contributed by atoms with E-state index >= 15 is 0 Å². The van der Waals surface area contributed by atoms with E-state index in [9.17, 15) is 4.79 Å². The number of amides is 1. The first-order chi connectivity index (χ1) is 10.2. The normalized spacial score (nSPS) is 10.2. The molecule has 2 aromatic rings. The third-order valence-electron chi connectivity index (χ3n) is 3.17. The molecule has 0 aliphatic heterocycles. The van der Waals surface area contributed by atoms with Crippen LogP contribution in [-0.2, 0) is 6.54 Å². The van der Waals surface area contributed by atoms with E-state index in [-0.39, 0.29) is 5.91 Å². The third-order valence-corrected chi connectivity index (χ3v) is 3.17. The highest BCUT2D eigenvalue weighted by molar-refractivity contribution is 5.94. The summed E-state index contributed by atoms with van der Waals surface area (Å²) in [5, 5.41) is 3.24. The van der Waals surface area contributed by atoms with Crippen molar-refractivity contribution in [2.45, 2.75) is 19.9 Å². The molecule has 110 valence electrons. The Morgan fingerprint density at radius 3 is 2.71 bits per heavy atom. The molecule has 2 rings (SSSR count). The third kappa shape index (κ3) is 4.31. The van der Waals surface area contributed by atoms with Crippen molar-refractivity contribution in [3.8, 4) is 0 Å². The number of aromatic nitrogens is 1. The van der Waals surface area contributed by atoms with E-state index in [1.807, 2.05) is 43.4 Å². The van der Waals surface area contributed by atoms with Crippen LogP contribution < -0.4 is 5.32 Å². The summed E-state index contributed by atoms with van der Waals surface area (Å²) < 4.78 is 0. The first-order valence-corrected chi connectivity index (χ1v) is 7.19. The van der Waals surface area contributed by atoms with Gasteiger partial charge in [-0.05, 0) is 18.1 Å². The van der Waals surface area contributed by atoms with Gasteiger partial charge in [0.1, 0.15) is 0 Å². The lowest BCUT2D eigenvalue weighted by Crippen LogP contribution is -2.26. The van der Waals surface area contributed by atoms with Crippen LogP contribution in [0, 0.1) is 0 Å². The van der Waals surface area contributed by atoms with Gasteiger partial charge in [0.15, 0.2) is 0 Å². The highest BCUT2D eigenvalue weighted by atomic mass is 16.2. The van der Waals surface area contributed by atoms with Crippen LogP contribution >= 0.6 is 0 Å². The number of nitrogens with one attached hydrogen (secondary N) is 1. The summed E-state index contributed by atoms with van der Waals surface area (Å²) in [6.45, 7) is 3.56. The SMILES string of the molecule is CCCNc1cncc(C(=O)N(C)Cc2ccccc2)c1. The van der Waals surface area contributed by atoms with Gasteiger partial charge in [0, 0.05) is 32.5 Å². The maximum absolute atomic E-state index is 12.4. The van der Waals surface area contributed by atoms with Crippen molar-refractivity contribution in [3.05, 3.63) is 59.9 Å². The van der Waals surface area contributed by atoms with Crippen LogP contribution in [0.4, 0.5) is 5.69 Å². The van der Waals surface area contributed by atoms with Crippen molar-refractivity contribution in [2.75, 3.05) is 18.9 Å². The summed E-state index contributed by atoms with van der Waals surface area (Å²) in [6.07, 6.45) is 4.39. The fraction of sp³-hybridized carbons (Fsp3) is 0.294. The molecule has 0 aliphatic rings. The molecular weight excluding hydrogens is 262 g/mol. The lowest BCUT2D eigenvalue weighted by molar-refractivity contribution is 0.0784. The molecule has 0 bridgehead atoms. The quantitative estimate of drug-likeness (QED) is 0.885. The van der Waals surface area contributed by atoms with Crippen molar-refractivity contribution in [1.29, 1.82) is 0 Å². The van der Waals surface area contributed by atoms with Crippen molar-refractivity contribution in [3.63, 3.8) is 0 Å². The summed E-state index contributed by atoms with van der Waals surface area (Å²) >= 11 is 0. The van der Waals surface area contributed by atoms with Gasteiger partial charge in [-0.15, -0.1) is 0 Å². The molecule has 1 N–H and O–H groups in total. The maximum atomic E-state index is 12.4. The monoisotopic (exact) mass is 283 g/mol. The second-order valence-electron chi connectivity index (χ2n) is 5.04. The minimum Gasteiger partial charge on any atom is -0.384 e. The number of carbonyl (C=O) groups is 1. The zero-order valence-electron chi connectivity index (χ0n) is 12.5. The predicted molar refractivity (Wildman–Crippen MR) is 85.3 cm³/mol. The lowest BCUT2D eigenvalue weighted by atomic mass is 10.2. The highest BCUT2D eigenvalue weighted by Gasteiger charge is 2.12. The number of hydrogen-bond donors (Lipinski definition) is 1. The van der Waals surface area contributed by atoms with Crippen LogP contribution in [-0.4, -0.2) is 29.4 Å². The number of pyridine rings is 1. The van der Waals surface area contributed by atoms with E-state index in [0.717, 1.165) is 24.2 Å². The first-order valence-electron chi connectivity index (χ1n) is 7.19. The molecular formula is C17H21N3O. The largest absolute Gasteiger partial charge is 0.384 e. The van der Waals surface area contributed by atoms with Gasteiger partial charge in [-0.25, -0.2) is 0 Å². The van der Waals surface area contributed by atoms with E-state index in [4.69, 9.17) is 0 Å². The van der Waals surface area contributed by atoms with Crippen molar-refractivity contribution in [2.24, 2.45) is 0 Å². The lowest BCUT2D eigenvalue weighted by Gasteiger charge is -2.17. The number of carbonyl (C=O) groups excluding carboxylic acids is 1. The molecule has 0 saturated heterocycles. The fourth-order valence-electron chi connectivity index (χ4n) is 2.07. The number of nitrogens with zero attached hydrogens (tertiary/aromatic N) is 2. The molecule has 4 nitrogen and oxygen atoms in total. The summed E-state index contributed by atoms with van der Waals surface area (Å²) in [5.41, 5.74) is 2.60. The van der Waals surface area contributed by atoms with Crippen LogP contribution in [0.1, 0.15) is 29.3 Å². The molecule has 0 unspecified atom stereocenters. The Labute approximate surface area is 125 Å². The molecule has 4 heteroatoms. The van der Waals surface area contributed by atoms with Crippen LogP contribution in [0.25, 0.3) is 0 Å². The van der Waals surface area contributed by atoms with Gasteiger partial charge in [0.25, 0.3) is 5.91 Å². The minimum absolute atomic E-state index is 0.0218. The molecule has 1 amide bonds. The van der Waals surface area contributed by atoms with Crippen molar-refractivity contribution < 1.29 is 4.79 Å². The number of benzene rings is 1. The Balaban J connectivity index is 2.05. The number of rotatable bonds is 6. The molecule has 21 heavy (non-hydrogen) atoms. The Bertz CT molecular complexity index is 584. The molecule has 0 atom stereocenters. The Kier molecular flexibility index (Phi) is 5.32. The minimum atomic E-state index is -0.0218. The number of anilines is 1. The van der Waals surface area contributed by atoms with Gasteiger partial charge in [-0.1, -0.05) is 37.3 Å². The average molecular weight is 283 g/mol. The molecule has 1 heterocycles. The summed E-state index contributed by atoms with van der Waals surface area (Å²) in [5.74, 6) is -0.0218. The van der Waals surface area contributed by atoms with Crippen molar-refractivity contribution in [1.82, 2.24) is 9.88 Å². The van der Waals surface area contributed by atoms with Crippen LogP contribution in [0.15, 0.2) is 48.8 Å². The van der Waals surface area contributed by atoms with E-state index in [0.29, 0.717) is 12.1 Å². The predicted octanol–water partition coefficient (Wildman–Crippen LogP) is 3.18. The van der Waals surface area contributed by atoms with E-state index < -0.39 is 0 Å². The molecule has 1 aromatic heterocycles. The summed E-state index contributed by atoms with van der Waals surface area (Å²) in [6, 6.07) is 11.8. The van der Waals surface area contributed by atoms with Gasteiger partial charge in [0.05, 0.1) is 11.3 Å². The zero-order chi connectivity index (χ0) is 15.1. The Morgan fingerprint density at radius 2 is 2.00 bits per heavy atom. The smallest absolute Gasteiger partial charge is 0.255 e. The standard InChI is InChI=1S/C17H21N3O/c1-3-9-19-16-10-15(11-18-12-16)17(21)20(2)13-14-7-5-4-6-8-14/h4-8,10-12,19H,3,9,13H2,1-2H3. The molecule has 0 fully saturated rings. The molecule has 0 aliphatic carbocycles.